The maximum Gasteiger partial charge on any atom is 0.227 e. The number of benzene rings is 1. The number of hydrogen-bond acceptors (Lipinski definition) is 4. The number of hydrogen-bond donors (Lipinski definition) is 3. The number of carbonyl (C=O) groups excluding carboxylic acids is 1. The zero-order valence-electron chi connectivity index (χ0n) is 14.8. The van der Waals surface area contributed by atoms with Gasteiger partial charge in [-0.25, -0.2) is 4.98 Å². The van der Waals surface area contributed by atoms with E-state index in [0.717, 1.165) is 61.4 Å². The molecule has 2 aromatic rings. The molecule has 0 bridgehead atoms. The van der Waals surface area contributed by atoms with Crippen LogP contribution < -0.4 is 10.6 Å². The molecule has 1 unspecified atom stereocenters. The number of piperidine rings is 1. The Kier molecular flexibility index (Phi) is 7.29. The van der Waals surface area contributed by atoms with Gasteiger partial charge in [0.05, 0.1) is 11.0 Å². The third-order valence-corrected chi connectivity index (χ3v) is 5.00. The molecule has 8 heteroatoms. The van der Waals surface area contributed by atoms with Gasteiger partial charge in [0, 0.05) is 24.3 Å². The molecule has 0 aliphatic carbocycles. The van der Waals surface area contributed by atoms with Crippen molar-refractivity contribution in [2.75, 3.05) is 18.5 Å². The Hall–Kier alpha value is -1.34. The quantitative estimate of drug-likeness (QED) is 0.735. The molecule has 2 aliphatic rings. The predicted octanol–water partition coefficient (Wildman–Crippen LogP) is 3.58. The lowest BCUT2D eigenvalue weighted by Crippen LogP contribution is -2.40. The van der Waals surface area contributed by atoms with Gasteiger partial charge in [0.2, 0.25) is 5.91 Å². The van der Waals surface area contributed by atoms with Crippen molar-refractivity contribution in [2.45, 2.75) is 44.8 Å². The van der Waals surface area contributed by atoms with Gasteiger partial charge in [-0.2, -0.15) is 0 Å². The van der Waals surface area contributed by atoms with Crippen LogP contribution in [0.25, 0.3) is 11.0 Å². The number of ether oxygens (including phenoxy) is 1. The predicted molar refractivity (Wildman–Crippen MR) is 107 cm³/mol. The lowest BCUT2D eigenvalue weighted by atomic mass is 9.92. The van der Waals surface area contributed by atoms with Gasteiger partial charge in [0.25, 0.3) is 0 Å². The van der Waals surface area contributed by atoms with Gasteiger partial charge in [0.15, 0.2) is 0 Å². The van der Waals surface area contributed by atoms with Crippen molar-refractivity contribution >= 4 is 47.4 Å². The molecule has 26 heavy (non-hydrogen) atoms. The summed E-state index contributed by atoms with van der Waals surface area (Å²) in [5.41, 5.74) is 2.67. The number of halogens is 2. The Morgan fingerprint density at radius 2 is 2.15 bits per heavy atom. The average Bonchev–Trinajstić information content (AvgIpc) is 3.23. The van der Waals surface area contributed by atoms with Crippen LogP contribution in [-0.2, 0) is 9.53 Å². The number of aromatic amines is 1. The van der Waals surface area contributed by atoms with Crippen molar-refractivity contribution in [3.05, 3.63) is 24.0 Å². The molecule has 2 fully saturated rings. The highest BCUT2D eigenvalue weighted by molar-refractivity contribution is 5.94. The Balaban J connectivity index is 0.00000121. The van der Waals surface area contributed by atoms with Crippen LogP contribution in [0.15, 0.2) is 18.2 Å². The lowest BCUT2D eigenvalue weighted by molar-refractivity contribution is -0.120. The molecule has 0 radical (unpaired) electrons. The monoisotopic (exact) mass is 400 g/mol. The van der Waals surface area contributed by atoms with Gasteiger partial charge >= 0.3 is 0 Å². The summed E-state index contributed by atoms with van der Waals surface area (Å²) in [7, 11) is 0. The average molecular weight is 401 g/mol. The van der Waals surface area contributed by atoms with Crippen molar-refractivity contribution < 1.29 is 9.53 Å². The fourth-order valence-corrected chi connectivity index (χ4v) is 3.67. The lowest BCUT2D eigenvalue weighted by Gasteiger charge is -2.27. The van der Waals surface area contributed by atoms with Gasteiger partial charge in [-0.05, 0) is 57.4 Å². The SMILES string of the molecule is C[C@H]1C[C@@H](C(=O)Nc2ccc3nc(C4CCCO4)[nH]c3c2)CCN1.Cl.Cl. The Morgan fingerprint density at radius 1 is 1.31 bits per heavy atom. The number of aromatic nitrogens is 2. The molecule has 1 aromatic carbocycles. The van der Waals surface area contributed by atoms with Crippen LogP contribution in [0.1, 0.15) is 44.5 Å². The van der Waals surface area contributed by atoms with Crippen molar-refractivity contribution in [3.8, 4) is 0 Å². The minimum atomic E-state index is 0. The summed E-state index contributed by atoms with van der Waals surface area (Å²) in [5, 5.41) is 6.44. The smallest absolute Gasteiger partial charge is 0.227 e. The fourth-order valence-electron chi connectivity index (χ4n) is 3.67. The first kappa shape index (κ1) is 21.0. The topological polar surface area (TPSA) is 79.0 Å². The molecule has 3 atom stereocenters. The summed E-state index contributed by atoms with van der Waals surface area (Å²) in [6.45, 7) is 3.84. The van der Waals surface area contributed by atoms with E-state index in [0.29, 0.717) is 6.04 Å². The highest BCUT2D eigenvalue weighted by atomic mass is 35.5. The molecule has 144 valence electrons. The summed E-state index contributed by atoms with van der Waals surface area (Å²) in [6.07, 6.45) is 3.95. The molecule has 2 aliphatic heterocycles. The van der Waals surface area contributed by atoms with Crippen LogP contribution in [0.4, 0.5) is 5.69 Å². The van der Waals surface area contributed by atoms with Crippen molar-refractivity contribution in [2.24, 2.45) is 5.92 Å². The highest BCUT2D eigenvalue weighted by Crippen LogP contribution is 2.29. The minimum Gasteiger partial charge on any atom is -0.370 e. The molecular weight excluding hydrogens is 375 g/mol. The van der Waals surface area contributed by atoms with Crippen molar-refractivity contribution in [1.82, 2.24) is 15.3 Å². The first-order valence-corrected chi connectivity index (χ1v) is 8.84. The Morgan fingerprint density at radius 3 is 2.88 bits per heavy atom. The summed E-state index contributed by atoms with van der Waals surface area (Å²) < 4.78 is 5.68. The number of nitrogens with one attached hydrogen (secondary N) is 3. The van der Waals surface area contributed by atoms with Gasteiger partial charge < -0.3 is 20.4 Å². The van der Waals surface area contributed by atoms with Crippen LogP contribution in [0.5, 0.6) is 0 Å². The summed E-state index contributed by atoms with van der Waals surface area (Å²) in [6, 6.07) is 6.23. The molecule has 3 heterocycles. The normalized spacial score (nSPS) is 25.3. The van der Waals surface area contributed by atoms with E-state index in [2.05, 4.69) is 27.5 Å². The third-order valence-electron chi connectivity index (χ3n) is 5.00. The summed E-state index contributed by atoms with van der Waals surface area (Å²) in [4.78, 5) is 20.4. The number of rotatable bonds is 3. The molecule has 3 N–H and O–H groups in total. The molecule has 1 amide bonds. The third kappa shape index (κ3) is 4.49. The van der Waals surface area contributed by atoms with Gasteiger partial charge in [-0.15, -0.1) is 24.8 Å². The van der Waals surface area contributed by atoms with Crippen molar-refractivity contribution in [3.63, 3.8) is 0 Å². The summed E-state index contributed by atoms with van der Waals surface area (Å²) in [5.74, 6) is 1.08. The van der Waals surface area contributed by atoms with Crippen LogP contribution in [0, 0.1) is 5.92 Å². The maximum absolute atomic E-state index is 12.5. The van der Waals surface area contributed by atoms with Crippen LogP contribution in [0.3, 0.4) is 0 Å². The minimum absolute atomic E-state index is 0. The Labute approximate surface area is 165 Å². The highest BCUT2D eigenvalue weighted by Gasteiger charge is 2.25. The zero-order chi connectivity index (χ0) is 16.5. The first-order chi connectivity index (χ1) is 11.7. The molecule has 1 aromatic heterocycles. The number of imidazole rings is 1. The first-order valence-electron chi connectivity index (χ1n) is 8.84. The fraction of sp³-hybridized carbons (Fsp3) is 0.556. The molecule has 4 rings (SSSR count). The number of fused-ring (bicyclic) bond motifs is 1. The van der Waals surface area contributed by atoms with E-state index >= 15 is 0 Å². The molecule has 2 saturated heterocycles. The number of amides is 1. The zero-order valence-corrected chi connectivity index (χ0v) is 16.4. The largest absolute Gasteiger partial charge is 0.370 e. The van der Waals surface area contributed by atoms with Crippen LogP contribution >= 0.6 is 24.8 Å². The second kappa shape index (κ2) is 9.04. The molecule has 0 spiro atoms. The molecular formula is C18H26Cl2N4O2. The van der Waals surface area contributed by atoms with Crippen LogP contribution in [-0.4, -0.2) is 35.1 Å². The second-order valence-corrected chi connectivity index (χ2v) is 6.92. The van der Waals surface area contributed by atoms with Crippen molar-refractivity contribution in [1.29, 1.82) is 0 Å². The van der Waals surface area contributed by atoms with E-state index in [-0.39, 0.29) is 42.7 Å². The maximum atomic E-state index is 12.5. The second-order valence-electron chi connectivity index (χ2n) is 6.92. The Bertz CT molecular complexity index is 746. The number of carbonyl (C=O) groups is 1. The number of nitrogens with zero attached hydrogens (tertiary/aromatic N) is 1. The van der Waals surface area contributed by atoms with E-state index in [9.17, 15) is 4.79 Å². The van der Waals surface area contributed by atoms with E-state index in [1.165, 1.54) is 0 Å². The van der Waals surface area contributed by atoms with Crippen LogP contribution in [0.2, 0.25) is 0 Å². The molecule has 6 nitrogen and oxygen atoms in total. The standard InChI is InChI=1S/C18H24N4O2.2ClH/c1-11-9-12(6-7-19-11)18(23)20-13-4-5-14-15(10-13)22-17(21-14)16-3-2-8-24-16;;/h4-5,10-12,16,19H,2-3,6-9H2,1H3,(H,20,23)(H,21,22);2*1H/t11-,12-,16?;;/m0../s1. The molecule has 0 saturated carbocycles. The van der Waals surface area contributed by atoms with E-state index in [4.69, 9.17) is 4.74 Å². The van der Waals surface area contributed by atoms with Gasteiger partial charge in [-0.3, -0.25) is 4.79 Å². The number of anilines is 1. The number of H-pyrrole nitrogens is 1. The van der Waals surface area contributed by atoms with E-state index in [1.807, 2.05) is 18.2 Å². The van der Waals surface area contributed by atoms with Gasteiger partial charge in [-0.1, -0.05) is 0 Å². The summed E-state index contributed by atoms with van der Waals surface area (Å²) >= 11 is 0. The van der Waals surface area contributed by atoms with E-state index in [1.54, 1.807) is 0 Å². The van der Waals surface area contributed by atoms with Gasteiger partial charge in [0.1, 0.15) is 11.9 Å². The van der Waals surface area contributed by atoms with E-state index < -0.39 is 0 Å².